The summed E-state index contributed by atoms with van der Waals surface area (Å²) in [6, 6.07) is 4.96. The van der Waals surface area contributed by atoms with Crippen LogP contribution in [0.15, 0.2) is 18.2 Å². The fourth-order valence-corrected chi connectivity index (χ4v) is 1.98. The number of carbonyl (C=O) groups is 1. The van der Waals surface area contributed by atoms with Crippen molar-refractivity contribution < 1.29 is 9.53 Å². The first kappa shape index (κ1) is 15.8. The topological polar surface area (TPSA) is 64.3 Å². The van der Waals surface area contributed by atoms with E-state index < -0.39 is 0 Å². The standard InChI is InChI=1S/C14H21ClN2O2/c1-3-4-10(2)8-19-9-14(18)17-13-6-5-11(16)7-12(13)15/h5-7,10H,3-4,8-9,16H2,1-2H3,(H,17,18). The Balaban J connectivity index is 2.35. The maximum Gasteiger partial charge on any atom is 0.250 e. The van der Waals surface area contributed by atoms with E-state index >= 15 is 0 Å². The van der Waals surface area contributed by atoms with Crippen molar-refractivity contribution in [1.29, 1.82) is 0 Å². The Kier molecular flexibility index (Phi) is 6.67. The Morgan fingerprint density at radius 2 is 2.26 bits per heavy atom. The molecule has 0 heterocycles. The van der Waals surface area contributed by atoms with Crippen LogP contribution in [-0.4, -0.2) is 19.1 Å². The minimum atomic E-state index is -0.213. The third kappa shape index (κ3) is 5.94. The van der Waals surface area contributed by atoms with Crippen LogP contribution >= 0.6 is 11.6 Å². The number of anilines is 2. The van der Waals surface area contributed by atoms with E-state index in [0.717, 1.165) is 12.8 Å². The molecule has 0 bridgehead atoms. The molecule has 106 valence electrons. The molecule has 1 aromatic rings. The van der Waals surface area contributed by atoms with Gasteiger partial charge in [-0.1, -0.05) is 31.9 Å². The van der Waals surface area contributed by atoms with Gasteiger partial charge in [-0.25, -0.2) is 0 Å². The highest BCUT2D eigenvalue weighted by molar-refractivity contribution is 6.34. The van der Waals surface area contributed by atoms with E-state index in [1.165, 1.54) is 0 Å². The third-order valence-corrected chi connectivity index (χ3v) is 3.00. The molecule has 0 radical (unpaired) electrons. The molecule has 1 aromatic carbocycles. The van der Waals surface area contributed by atoms with E-state index in [2.05, 4.69) is 19.2 Å². The summed E-state index contributed by atoms with van der Waals surface area (Å²) in [5.41, 5.74) is 6.69. The zero-order valence-corrected chi connectivity index (χ0v) is 12.2. The number of benzene rings is 1. The predicted molar refractivity (Wildman–Crippen MR) is 79.4 cm³/mol. The number of rotatable bonds is 7. The SMILES string of the molecule is CCCC(C)COCC(=O)Nc1ccc(N)cc1Cl. The van der Waals surface area contributed by atoms with Crippen LogP contribution in [0.1, 0.15) is 26.7 Å². The van der Waals surface area contributed by atoms with E-state index in [1.807, 2.05) is 0 Å². The van der Waals surface area contributed by atoms with E-state index in [0.29, 0.717) is 28.9 Å². The number of nitrogens with two attached hydrogens (primary N) is 1. The lowest BCUT2D eigenvalue weighted by Gasteiger charge is -2.11. The van der Waals surface area contributed by atoms with Crippen molar-refractivity contribution in [2.45, 2.75) is 26.7 Å². The maximum absolute atomic E-state index is 11.7. The van der Waals surface area contributed by atoms with Crippen LogP contribution < -0.4 is 11.1 Å². The van der Waals surface area contributed by atoms with Crippen LogP contribution in [0.5, 0.6) is 0 Å². The van der Waals surface area contributed by atoms with Gasteiger partial charge in [0, 0.05) is 12.3 Å². The van der Waals surface area contributed by atoms with Crippen LogP contribution in [0.2, 0.25) is 5.02 Å². The van der Waals surface area contributed by atoms with Gasteiger partial charge in [0.1, 0.15) is 6.61 Å². The van der Waals surface area contributed by atoms with Gasteiger partial charge in [0.2, 0.25) is 5.91 Å². The molecule has 4 nitrogen and oxygen atoms in total. The molecule has 0 aliphatic heterocycles. The van der Waals surface area contributed by atoms with Gasteiger partial charge in [-0.15, -0.1) is 0 Å². The molecule has 0 saturated heterocycles. The normalized spacial score (nSPS) is 12.2. The van der Waals surface area contributed by atoms with Crippen molar-refractivity contribution in [2.24, 2.45) is 5.92 Å². The number of halogens is 1. The Labute approximate surface area is 119 Å². The Bertz CT molecular complexity index is 424. The summed E-state index contributed by atoms with van der Waals surface area (Å²) in [5.74, 6) is 0.258. The van der Waals surface area contributed by atoms with Gasteiger partial charge in [0.25, 0.3) is 0 Å². The van der Waals surface area contributed by atoms with Gasteiger partial charge in [-0.3, -0.25) is 4.79 Å². The smallest absolute Gasteiger partial charge is 0.250 e. The number of amides is 1. The number of carbonyl (C=O) groups excluding carboxylic acids is 1. The predicted octanol–water partition coefficient (Wildman–Crippen LogP) is 3.31. The second kappa shape index (κ2) is 8.02. The molecule has 0 aliphatic rings. The molecule has 1 unspecified atom stereocenters. The van der Waals surface area contributed by atoms with E-state index in [1.54, 1.807) is 18.2 Å². The van der Waals surface area contributed by atoms with Crippen molar-refractivity contribution >= 4 is 28.9 Å². The molecular weight excluding hydrogens is 264 g/mol. The lowest BCUT2D eigenvalue weighted by Crippen LogP contribution is -2.20. The third-order valence-electron chi connectivity index (χ3n) is 2.68. The quantitative estimate of drug-likeness (QED) is 0.755. The van der Waals surface area contributed by atoms with E-state index in [4.69, 9.17) is 22.1 Å². The minimum absolute atomic E-state index is 0.0365. The molecule has 0 saturated carbocycles. The molecule has 0 fully saturated rings. The van der Waals surface area contributed by atoms with Crippen LogP contribution in [0.3, 0.4) is 0 Å². The van der Waals surface area contributed by atoms with Crippen LogP contribution in [0.4, 0.5) is 11.4 Å². The van der Waals surface area contributed by atoms with Crippen LogP contribution in [-0.2, 0) is 9.53 Å². The number of nitrogens with one attached hydrogen (secondary N) is 1. The van der Waals surface area contributed by atoms with Gasteiger partial charge in [0.15, 0.2) is 0 Å². The summed E-state index contributed by atoms with van der Waals surface area (Å²) in [5, 5.41) is 3.12. The molecule has 0 aromatic heterocycles. The molecule has 1 amide bonds. The van der Waals surface area contributed by atoms with Crippen LogP contribution in [0.25, 0.3) is 0 Å². The van der Waals surface area contributed by atoms with Crippen molar-refractivity contribution in [3.63, 3.8) is 0 Å². The summed E-state index contributed by atoms with van der Waals surface area (Å²) in [4.78, 5) is 11.7. The first-order chi connectivity index (χ1) is 9.02. The highest BCUT2D eigenvalue weighted by Crippen LogP contribution is 2.23. The van der Waals surface area contributed by atoms with Crippen LogP contribution in [0, 0.1) is 5.92 Å². The van der Waals surface area contributed by atoms with Crippen molar-refractivity contribution in [3.8, 4) is 0 Å². The number of ether oxygens (including phenoxy) is 1. The molecule has 0 aliphatic carbocycles. The zero-order valence-electron chi connectivity index (χ0n) is 11.4. The lowest BCUT2D eigenvalue weighted by molar-refractivity contribution is -0.121. The van der Waals surface area contributed by atoms with Gasteiger partial charge < -0.3 is 15.8 Å². The first-order valence-electron chi connectivity index (χ1n) is 6.45. The first-order valence-corrected chi connectivity index (χ1v) is 6.83. The fraction of sp³-hybridized carbons (Fsp3) is 0.500. The van der Waals surface area contributed by atoms with Gasteiger partial charge >= 0.3 is 0 Å². The monoisotopic (exact) mass is 284 g/mol. The molecule has 1 rings (SSSR count). The van der Waals surface area contributed by atoms with Gasteiger partial charge in [-0.2, -0.15) is 0 Å². The molecule has 19 heavy (non-hydrogen) atoms. The fourth-order valence-electron chi connectivity index (χ4n) is 1.75. The van der Waals surface area contributed by atoms with Crippen molar-refractivity contribution in [2.75, 3.05) is 24.3 Å². The summed E-state index contributed by atoms with van der Waals surface area (Å²) < 4.78 is 5.37. The minimum Gasteiger partial charge on any atom is -0.399 e. The molecular formula is C14H21ClN2O2. The summed E-state index contributed by atoms with van der Waals surface area (Å²) >= 11 is 5.96. The highest BCUT2D eigenvalue weighted by atomic mass is 35.5. The zero-order chi connectivity index (χ0) is 14.3. The molecule has 3 N–H and O–H groups in total. The molecule has 1 atom stereocenters. The summed E-state index contributed by atoms with van der Waals surface area (Å²) in [6.07, 6.45) is 2.23. The van der Waals surface area contributed by atoms with Crippen molar-refractivity contribution in [3.05, 3.63) is 23.2 Å². The maximum atomic E-state index is 11.7. The number of hydrogen-bond donors (Lipinski definition) is 2. The number of nitrogen functional groups attached to an aromatic ring is 1. The second-order valence-electron chi connectivity index (χ2n) is 4.70. The Hall–Kier alpha value is -1.26. The molecule has 0 spiro atoms. The van der Waals surface area contributed by atoms with Gasteiger partial charge in [-0.05, 0) is 30.5 Å². The summed E-state index contributed by atoms with van der Waals surface area (Å²) in [7, 11) is 0. The van der Waals surface area contributed by atoms with E-state index in [-0.39, 0.29) is 12.5 Å². The second-order valence-corrected chi connectivity index (χ2v) is 5.10. The van der Waals surface area contributed by atoms with E-state index in [9.17, 15) is 4.79 Å². The Morgan fingerprint density at radius 1 is 1.53 bits per heavy atom. The van der Waals surface area contributed by atoms with Gasteiger partial charge in [0.05, 0.1) is 10.7 Å². The Morgan fingerprint density at radius 3 is 2.89 bits per heavy atom. The number of hydrogen-bond acceptors (Lipinski definition) is 3. The largest absolute Gasteiger partial charge is 0.399 e. The average Bonchev–Trinajstić information content (AvgIpc) is 2.33. The highest BCUT2D eigenvalue weighted by Gasteiger charge is 2.07. The lowest BCUT2D eigenvalue weighted by atomic mass is 10.1. The summed E-state index contributed by atoms with van der Waals surface area (Å²) in [6.45, 7) is 4.87. The average molecular weight is 285 g/mol. The molecule has 5 heteroatoms. The van der Waals surface area contributed by atoms with Crippen molar-refractivity contribution in [1.82, 2.24) is 0 Å².